The Morgan fingerprint density at radius 2 is 2.04 bits per heavy atom. The third-order valence-electron chi connectivity index (χ3n) is 6.26. The second-order valence-corrected chi connectivity index (χ2v) is 8.03. The zero-order valence-electron chi connectivity index (χ0n) is 16.5. The summed E-state index contributed by atoms with van der Waals surface area (Å²) in [6.07, 6.45) is 0.633. The SMILES string of the molecule is CCOC1CC(N)(C(=O)N2CCN(C(C)c3nc(C)no3)CC2)C1(C)C. The highest BCUT2D eigenvalue weighted by Crippen LogP contribution is 2.50. The van der Waals surface area contributed by atoms with Gasteiger partial charge in [-0.05, 0) is 20.8 Å². The van der Waals surface area contributed by atoms with Gasteiger partial charge in [0, 0.05) is 44.6 Å². The van der Waals surface area contributed by atoms with Crippen LogP contribution in [0.5, 0.6) is 0 Å². The fourth-order valence-corrected chi connectivity index (χ4v) is 4.03. The third-order valence-corrected chi connectivity index (χ3v) is 6.26. The van der Waals surface area contributed by atoms with Gasteiger partial charge in [0.1, 0.15) is 5.54 Å². The van der Waals surface area contributed by atoms with Crippen LogP contribution in [0.2, 0.25) is 0 Å². The van der Waals surface area contributed by atoms with Gasteiger partial charge in [-0.1, -0.05) is 19.0 Å². The van der Waals surface area contributed by atoms with Crippen molar-refractivity contribution in [3.63, 3.8) is 0 Å². The maximum Gasteiger partial charge on any atom is 0.243 e. The van der Waals surface area contributed by atoms with E-state index in [4.69, 9.17) is 15.0 Å². The highest BCUT2D eigenvalue weighted by molar-refractivity contribution is 5.89. The Labute approximate surface area is 155 Å². The Balaban J connectivity index is 1.59. The van der Waals surface area contributed by atoms with Crippen LogP contribution in [0.4, 0.5) is 0 Å². The Bertz CT molecular complexity index is 653. The average Bonchev–Trinajstić information content (AvgIpc) is 3.06. The van der Waals surface area contributed by atoms with Crippen molar-refractivity contribution >= 4 is 5.91 Å². The van der Waals surface area contributed by atoms with Crippen molar-refractivity contribution < 1.29 is 14.1 Å². The maximum absolute atomic E-state index is 13.1. The lowest BCUT2D eigenvalue weighted by Gasteiger charge is -2.59. The number of carbonyl (C=O) groups is 1. The Morgan fingerprint density at radius 1 is 1.38 bits per heavy atom. The molecule has 8 heteroatoms. The van der Waals surface area contributed by atoms with E-state index in [2.05, 4.69) is 22.0 Å². The van der Waals surface area contributed by atoms with Crippen molar-refractivity contribution in [1.82, 2.24) is 19.9 Å². The van der Waals surface area contributed by atoms with Gasteiger partial charge < -0.3 is 19.9 Å². The standard InChI is InChI=1S/C18H31N5O3/c1-6-25-14-11-18(19,17(14,4)5)16(24)23-9-7-22(8-10-23)12(2)15-20-13(3)21-26-15/h12,14H,6-11,19H2,1-5H3. The van der Waals surface area contributed by atoms with Gasteiger partial charge in [0.05, 0.1) is 12.1 Å². The van der Waals surface area contributed by atoms with E-state index < -0.39 is 5.54 Å². The van der Waals surface area contributed by atoms with Crippen LogP contribution in [0.25, 0.3) is 0 Å². The predicted molar refractivity (Wildman–Crippen MR) is 96.3 cm³/mol. The van der Waals surface area contributed by atoms with Gasteiger partial charge in [-0.15, -0.1) is 0 Å². The van der Waals surface area contributed by atoms with Crippen LogP contribution in [0, 0.1) is 12.3 Å². The zero-order chi connectivity index (χ0) is 19.1. The summed E-state index contributed by atoms with van der Waals surface area (Å²) in [6.45, 7) is 13.4. The summed E-state index contributed by atoms with van der Waals surface area (Å²) in [5.41, 5.74) is 5.35. The van der Waals surface area contributed by atoms with E-state index in [0.717, 1.165) is 13.1 Å². The van der Waals surface area contributed by atoms with Gasteiger partial charge in [-0.3, -0.25) is 9.69 Å². The van der Waals surface area contributed by atoms with Crippen molar-refractivity contribution in [2.75, 3.05) is 32.8 Å². The van der Waals surface area contributed by atoms with Crippen LogP contribution < -0.4 is 5.73 Å². The van der Waals surface area contributed by atoms with E-state index in [1.807, 2.05) is 32.6 Å². The molecule has 2 aliphatic rings. The molecule has 3 atom stereocenters. The molecule has 1 amide bonds. The van der Waals surface area contributed by atoms with Crippen LogP contribution in [-0.2, 0) is 9.53 Å². The Hall–Kier alpha value is -1.51. The molecule has 26 heavy (non-hydrogen) atoms. The second-order valence-electron chi connectivity index (χ2n) is 8.03. The molecule has 2 N–H and O–H groups in total. The number of nitrogens with zero attached hydrogens (tertiary/aromatic N) is 4. The number of hydrogen-bond donors (Lipinski definition) is 1. The molecule has 1 aromatic rings. The molecular weight excluding hydrogens is 334 g/mol. The third kappa shape index (κ3) is 3.04. The molecule has 0 bridgehead atoms. The minimum absolute atomic E-state index is 0.0411. The molecule has 3 unspecified atom stereocenters. The number of hydrogen-bond acceptors (Lipinski definition) is 7. The summed E-state index contributed by atoms with van der Waals surface area (Å²) < 4.78 is 11.0. The van der Waals surface area contributed by atoms with Crippen LogP contribution in [0.1, 0.15) is 51.9 Å². The van der Waals surface area contributed by atoms with E-state index in [1.165, 1.54) is 0 Å². The smallest absolute Gasteiger partial charge is 0.243 e. The first kappa shape index (κ1) is 19.3. The fraction of sp³-hybridized carbons (Fsp3) is 0.833. The van der Waals surface area contributed by atoms with Gasteiger partial charge in [0.2, 0.25) is 11.8 Å². The topological polar surface area (TPSA) is 97.7 Å². The molecule has 1 aliphatic carbocycles. The quantitative estimate of drug-likeness (QED) is 0.835. The summed E-state index contributed by atoms with van der Waals surface area (Å²) in [5.74, 6) is 1.30. The Morgan fingerprint density at radius 3 is 2.54 bits per heavy atom. The summed E-state index contributed by atoms with van der Waals surface area (Å²) >= 11 is 0. The molecule has 3 rings (SSSR count). The van der Waals surface area contributed by atoms with Crippen LogP contribution in [0.3, 0.4) is 0 Å². The molecule has 1 aliphatic heterocycles. The molecule has 0 spiro atoms. The van der Waals surface area contributed by atoms with Crippen molar-refractivity contribution in [3.8, 4) is 0 Å². The van der Waals surface area contributed by atoms with Crippen molar-refractivity contribution in [2.45, 2.75) is 58.7 Å². The van der Waals surface area contributed by atoms with E-state index in [9.17, 15) is 4.79 Å². The van der Waals surface area contributed by atoms with Gasteiger partial charge in [-0.2, -0.15) is 4.98 Å². The molecule has 2 fully saturated rings. The number of rotatable bonds is 5. The molecular formula is C18H31N5O3. The maximum atomic E-state index is 13.1. The first-order chi connectivity index (χ1) is 12.2. The lowest BCUT2D eigenvalue weighted by atomic mass is 9.54. The number of piperazine rings is 1. The monoisotopic (exact) mass is 365 g/mol. The highest BCUT2D eigenvalue weighted by Gasteiger charge is 2.63. The van der Waals surface area contributed by atoms with Gasteiger partial charge in [0.25, 0.3) is 0 Å². The van der Waals surface area contributed by atoms with Gasteiger partial charge in [0.15, 0.2) is 5.82 Å². The number of aromatic nitrogens is 2. The lowest BCUT2D eigenvalue weighted by Crippen LogP contribution is -2.76. The predicted octanol–water partition coefficient (Wildman–Crippen LogP) is 1.12. The minimum Gasteiger partial charge on any atom is -0.378 e. The molecule has 146 valence electrons. The molecule has 0 aromatic carbocycles. The first-order valence-electron chi connectivity index (χ1n) is 9.45. The number of nitrogens with two attached hydrogens (primary N) is 1. The largest absolute Gasteiger partial charge is 0.378 e. The van der Waals surface area contributed by atoms with E-state index >= 15 is 0 Å². The number of amides is 1. The normalized spacial score (nSPS) is 30.1. The molecule has 1 saturated heterocycles. The first-order valence-corrected chi connectivity index (χ1v) is 9.45. The number of ether oxygens (including phenoxy) is 1. The lowest BCUT2D eigenvalue weighted by molar-refractivity contribution is -0.180. The van der Waals surface area contributed by atoms with E-state index in [-0.39, 0.29) is 23.5 Å². The van der Waals surface area contributed by atoms with E-state index in [0.29, 0.717) is 37.8 Å². The van der Waals surface area contributed by atoms with Crippen molar-refractivity contribution in [2.24, 2.45) is 11.1 Å². The van der Waals surface area contributed by atoms with Crippen molar-refractivity contribution in [3.05, 3.63) is 11.7 Å². The van der Waals surface area contributed by atoms with E-state index in [1.54, 1.807) is 0 Å². The number of carbonyl (C=O) groups excluding carboxylic acids is 1. The highest BCUT2D eigenvalue weighted by atomic mass is 16.5. The summed E-state index contributed by atoms with van der Waals surface area (Å²) in [5, 5.41) is 3.86. The van der Waals surface area contributed by atoms with Crippen molar-refractivity contribution in [1.29, 1.82) is 0 Å². The molecule has 1 saturated carbocycles. The van der Waals surface area contributed by atoms with Crippen LogP contribution >= 0.6 is 0 Å². The van der Waals surface area contributed by atoms with Gasteiger partial charge >= 0.3 is 0 Å². The molecule has 8 nitrogen and oxygen atoms in total. The summed E-state index contributed by atoms with van der Waals surface area (Å²) in [7, 11) is 0. The molecule has 2 heterocycles. The zero-order valence-corrected chi connectivity index (χ0v) is 16.5. The fourth-order valence-electron chi connectivity index (χ4n) is 4.03. The minimum atomic E-state index is -0.843. The Kier molecular flexibility index (Phi) is 5.11. The molecule has 1 aromatic heterocycles. The van der Waals surface area contributed by atoms with Gasteiger partial charge in [-0.25, -0.2) is 0 Å². The second kappa shape index (κ2) is 6.90. The summed E-state index contributed by atoms with van der Waals surface area (Å²) in [4.78, 5) is 21.6. The average molecular weight is 365 g/mol. The summed E-state index contributed by atoms with van der Waals surface area (Å²) in [6, 6.07) is 0.0442. The molecule has 0 radical (unpaired) electrons. The van der Waals surface area contributed by atoms with Crippen LogP contribution in [0.15, 0.2) is 4.52 Å². The number of aryl methyl sites for hydroxylation is 1. The van der Waals surface area contributed by atoms with Crippen LogP contribution in [-0.4, -0.2) is 70.3 Å².